The lowest BCUT2D eigenvalue weighted by Crippen LogP contribution is -2.43. The average molecular weight is 686 g/mol. The number of carboxylic acids is 1. The van der Waals surface area contributed by atoms with E-state index in [2.05, 4.69) is 5.32 Å². The number of halogens is 3. The van der Waals surface area contributed by atoms with Crippen LogP contribution in [0.5, 0.6) is 0 Å². The molecule has 9 heteroatoms. The molecule has 1 unspecified atom stereocenters. The van der Waals surface area contributed by atoms with E-state index in [1.54, 1.807) is 18.2 Å². The van der Waals surface area contributed by atoms with Crippen molar-refractivity contribution in [2.45, 2.75) is 25.3 Å². The quantitative estimate of drug-likeness (QED) is 0.137. The summed E-state index contributed by atoms with van der Waals surface area (Å²) in [4.78, 5) is 41.7. The molecule has 0 fully saturated rings. The van der Waals surface area contributed by atoms with Crippen molar-refractivity contribution in [1.82, 2.24) is 5.32 Å². The lowest BCUT2D eigenvalue weighted by molar-refractivity contribution is -0.139. The van der Waals surface area contributed by atoms with Crippen LogP contribution in [0.15, 0.2) is 121 Å². The van der Waals surface area contributed by atoms with Crippen molar-refractivity contribution >= 4 is 58.3 Å². The van der Waals surface area contributed by atoms with Gasteiger partial charge in [-0.1, -0.05) is 120 Å². The number of hydrogen-bond donors (Lipinski definition) is 2. The molecular formula is C38H31Cl3N2O4. The first-order valence-corrected chi connectivity index (χ1v) is 16.1. The average Bonchev–Trinajstić information content (AvgIpc) is 3.07. The number of amides is 2. The minimum Gasteiger partial charge on any atom is -0.480 e. The van der Waals surface area contributed by atoms with E-state index in [1.165, 1.54) is 23.1 Å². The van der Waals surface area contributed by atoms with Crippen molar-refractivity contribution < 1.29 is 19.5 Å². The molecular weight excluding hydrogens is 655 g/mol. The largest absolute Gasteiger partial charge is 0.480 e. The zero-order valence-corrected chi connectivity index (χ0v) is 27.5. The molecule has 0 aromatic heterocycles. The molecule has 238 valence electrons. The number of anilines is 1. The second-order valence-corrected chi connectivity index (χ2v) is 12.2. The highest BCUT2D eigenvalue weighted by molar-refractivity contribution is 6.37. The molecule has 0 bridgehead atoms. The standard InChI is InChI=1S/C38H31Cl3N2O4/c39-29-18-20-35(43(21-7-10-25-8-3-1-4-9-25)37(45)31-19-17-30(40)24-33(31)41)32(23-29)36(44)42-34(38(46)47)22-26-13-15-28(16-14-26)27-11-5-2-6-12-27/h1-6,8-9,11-20,23-24,34H,7,10,21-22H2,(H,42,44)(H,46,47). The smallest absolute Gasteiger partial charge is 0.326 e. The Kier molecular flexibility index (Phi) is 11.3. The van der Waals surface area contributed by atoms with Crippen LogP contribution in [0.25, 0.3) is 11.1 Å². The van der Waals surface area contributed by atoms with Crippen molar-refractivity contribution in [3.05, 3.63) is 159 Å². The lowest BCUT2D eigenvalue weighted by atomic mass is 10.0. The van der Waals surface area contributed by atoms with E-state index >= 15 is 0 Å². The summed E-state index contributed by atoms with van der Waals surface area (Å²) in [7, 11) is 0. The third-order valence-electron chi connectivity index (χ3n) is 7.70. The van der Waals surface area contributed by atoms with Gasteiger partial charge in [0.1, 0.15) is 6.04 Å². The van der Waals surface area contributed by atoms with Crippen LogP contribution in [0.1, 0.15) is 38.3 Å². The number of carbonyl (C=O) groups excluding carboxylic acids is 2. The highest BCUT2D eigenvalue weighted by Gasteiger charge is 2.28. The van der Waals surface area contributed by atoms with Gasteiger partial charge in [0.2, 0.25) is 0 Å². The van der Waals surface area contributed by atoms with Gasteiger partial charge < -0.3 is 15.3 Å². The molecule has 6 nitrogen and oxygen atoms in total. The minimum atomic E-state index is -1.25. The first-order chi connectivity index (χ1) is 22.7. The summed E-state index contributed by atoms with van der Waals surface area (Å²) in [5.74, 6) is -2.32. The molecule has 5 aromatic carbocycles. The summed E-state index contributed by atoms with van der Waals surface area (Å²) in [5.41, 5.74) is 4.40. The number of benzene rings is 5. The molecule has 0 saturated carbocycles. The van der Waals surface area contributed by atoms with Gasteiger partial charge in [-0.2, -0.15) is 0 Å². The minimum absolute atomic E-state index is 0.0478. The Labute approximate surface area is 288 Å². The summed E-state index contributed by atoms with van der Waals surface area (Å²) in [6.45, 7) is 0.241. The summed E-state index contributed by atoms with van der Waals surface area (Å²) in [6.07, 6.45) is 1.30. The van der Waals surface area contributed by atoms with Gasteiger partial charge in [-0.15, -0.1) is 0 Å². The normalized spacial score (nSPS) is 11.5. The van der Waals surface area contributed by atoms with E-state index in [0.29, 0.717) is 17.9 Å². The van der Waals surface area contributed by atoms with Crippen LogP contribution < -0.4 is 10.2 Å². The van der Waals surface area contributed by atoms with E-state index in [-0.39, 0.29) is 39.8 Å². The molecule has 5 aromatic rings. The van der Waals surface area contributed by atoms with E-state index < -0.39 is 23.8 Å². The van der Waals surface area contributed by atoms with Gasteiger partial charge in [0.25, 0.3) is 11.8 Å². The van der Waals surface area contributed by atoms with Gasteiger partial charge >= 0.3 is 5.97 Å². The SMILES string of the molecule is O=C(NC(Cc1ccc(-c2ccccc2)cc1)C(=O)O)c1cc(Cl)ccc1N(CCCc1ccccc1)C(=O)c1ccc(Cl)cc1Cl. The van der Waals surface area contributed by atoms with Crippen molar-refractivity contribution in [3.63, 3.8) is 0 Å². The molecule has 0 radical (unpaired) electrons. The number of aliphatic carboxylic acids is 1. The second-order valence-electron chi connectivity index (χ2n) is 11.0. The van der Waals surface area contributed by atoms with Crippen LogP contribution in [0.4, 0.5) is 5.69 Å². The van der Waals surface area contributed by atoms with E-state index in [4.69, 9.17) is 34.8 Å². The first kappa shape index (κ1) is 33.7. The molecule has 0 heterocycles. The van der Waals surface area contributed by atoms with Gasteiger partial charge in [-0.3, -0.25) is 9.59 Å². The number of hydrogen-bond acceptors (Lipinski definition) is 3. The van der Waals surface area contributed by atoms with Crippen LogP contribution in [0.3, 0.4) is 0 Å². The van der Waals surface area contributed by atoms with Gasteiger partial charge in [0, 0.05) is 23.0 Å². The Balaban J connectivity index is 1.41. The Morgan fingerprint density at radius 2 is 1.30 bits per heavy atom. The Hall–Kier alpha value is -4.62. The predicted molar refractivity (Wildman–Crippen MR) is 189 cm³/mol. The fourth-order valence-electron chi connectivity index (χ4n) is 5.29. The van der Waals surface area contributed by atoms with Gasteiger partial charge in [-0.25, -0.2) is 4.79 Å². The Morgan fingerprint density at radius 3 is 1.96 bits per heavy atom. The topological polar surface area (TPSA) is 86.7 Å². The first-order valence-electron chi connectivity index (χ1n) is 15.0. The number of aryl methyl sites for hydroxylation is 1. The zero-order valence-electron chi connectivity index (χ0n) is 25.2. The third kappa shape index (κ3) is 8.80. The molecule has 2 N–H and O–H groups in total. The van der Waals surface area contributed by atoms with Gasteiger partial charge in [-0.05, 0) is 71.5 Å². The number of rotatable bonds is 12. The molecule has 0 saturated heterocycles. The van der Waals surface area contributed by atoms with E-state index in [9.17, 15) is 19.5 Å². The molecule has 2 amide bonds. The molecule has 5 rings (SSSR count). The number of nitrogens with zero attached hydrogens (tertiary/aromatic N) is 1. The summed E-state index contributed by atoms with van der Waals surface area (Å²) >= 11 is 18.9. The Morgan fingerprint density at radius 1 is 0.681 bits per heavy atom. The third-order valence-corrected chi connectivity index (χ3v) is 8.48. The monoisotopic (exact) mass is 684 g/mol. The number of nitrogens with one attached hydrogen (secondary N) is 1. The van der Waals surface area contributed by atoms with E-state index in [1.807, 2.05) is 84.9 Å². The maximum absolute atomic E-state index is 14.0. The molecule has 0 aliphatic heterocycles. The fourth-order valence-corrected chi connectivity index (χ4v) is 5.95. The van der Waals surface area contributed by atoms with Crippen LogP contribution >= 0.6 is 34.8 Å². The van der Waals surface area contributed by atoms with Gasteiger partial charge in [0.05, 0.1) is 21.8 Å². The Bertz CT molecular complexity index is 1870. The summed E-state index contributed by atoms with van der Waals surface area (Å²) < 4.78 is 0. The van der Waals surface area contributed by atoms with Gasteiger partial charge in [0.15, 0.2) is 0 Å². The molecule has 47 heavy (non-hydrogen) atoms. The zero-order chi connectivity index (χ0) is 33.3. The molecule has 0 aliphatic rings. The van der Waals surface area contributed by atoms with Crippen molar-refractivity contribution in [2.75, 3.05) is 11.4 Å². The van der Waals surface area contributed by atoms with Crippen molar-refractivity contribution in [2.24, 2.45) is 0 Å². The van der Waals surface area contributed by atoms with Crippen LogP contribution in [-0.4, -0.2) is 35.5 Å². The molecule has 0 spiro atoms. The van der Waals surface area contributed by atoms with Crippen LogP contribution in [-0.2, 0) is 17.6 Å². The maximum Gasteiger partial charge on any atom is 0.326 e. The van der Waals surface area contributed by atoms with E-state index in [0.717, 1.165) is 22.3 Å². The predicted octanol–water partition coefficient (Wildman–Crippen LogP) is 9.02. The summed E-state index contributed by atoms with van der Waals surface area (Å²) in [6, 6.07) is 35.1. The lowest BCUT2D eigenvalue weighted by Gasteiger charge is -2.26. The second kappa shape index (κ2) is 15.8. The van der Waals surface area contributed by atoms with Crippen LogP contribution in [0.2, 0.25) is 15.1 Å². The fraction of sp³-hybridized carbons (Fsp3) is 0.132. The molecule has 1 atom stereocenters. The molecule has 0 aliphatic carbocycles. The maximum atomic E-state index is 14.0. The highest BCUT2D eigenvalue weighted by Crippen LogP contribution is 2.30. The number of carbonyl (C=O) groups is 3. The number of carboxylic acid groups (broad SMARTS) is 1. The van der Waals surface area contributed by atoms with Crippen LogP contribution in [0, 0.1) is 0 Å². The van der Waals surface area contributed by atoms with Crippen molar-refractivity contribution in [3.8, 4) is 11.1 Å². The van der Waals surface area contributed by atoms with Crippen molar-refractivity contribution in [1.29, 1.82) is 0 Å². The highest BCUT2D eigenvalue weighted by atomic mass is 35.5. The summed E-state index contributed by atoms with van der Waals surface area (Å²) in [5, 5.41) is 13.5.